The molecule has 1 amide bonds. The van der Waals surface area contributed by atoms with Crippen molar-refractivity contribution in [3.05, 3.63) is 60.5 Å². The van der Waals surface area contributed by atoms with Gasteiger partial charge in [0.15, 0.2) is 6.61 Å². The van der Waals surface area contributed by atoms with Crippen LogP contribution in [0.25, 0.3) is 11.5 Å². The molecule has 4 rings (SSSR count). The highest BCUT2D eigenvalue weighted by Gasteiger charge is 2.22. The van der Waals surface area contributed by atoms with E-state index in [1.54, 1.807) is 24.3 Å². The second kappa shape index (κ2) is 7.26. The number of ether oxygens (including phenoxy) is 2. The first kappa shape index (κ1) is 16.1. The van der Waals surface area contributed by atoms with E-state index in [0.717, 1.165) is 23.3 Å². The lowest BCUT2D eigenvalue weighted by molar-refractivity contribution is -0.124. The summed E-state index contributed by atoms with van der Waals surface area (Å²) >= 11 is 0. The van der Waals surface area contributed by atoms with Gasteiger partial charge in [0.05, 0.1) is 12.6 Å². The Balaban J connectivity index is 1.33. The largest absolute Gasteiger partial charge is 0.493 e. The Kier molecular flexibility index (Phi) is 4.51. The fourth-order valence-electron chi connectivity index (χ4n) is 2.87. The number of benzene rings is 2. The van der Waals surface area contributed by atoms with Crippen LogP contribution in [0.5, 0.6) is 11.5 Å². The Morgan fingerprint density at radius 3 is 2.85 bits per heavy atom. The summed E-state index contributed by atoms with van der Waals surface area (Å²) in [4.78, 5) is 12.2. The van der Waals surface area contributed by atoms with Crippen molar-refractivity contribution in [3.63, 3.8) is 0 Å². The molecule has 0 saturated heterocycles. The summed E-state index contributed by atoms with van der Waals surface area (Å²) in [6.45, 7) is 0.527. The van der Waals surface area contributed by atoms with Crippen molar-refractivity contribution < 1.29 is 18.7 Å². The van der Waals surface area contributed by atoms with Crippen LogP contribution in [-0.4, -0.2) is 29.3 Å². The van der Waals surface area contributed by atoms with Gasteiger partial charge in [-0.3, -0.25) is 4.79 Å². The molecule has 7 nitrogen and oxygen atoms in total. The van der Waals surface area contributed by atoms with Gasteiger partial charge in [0.25, 0.3) is 5.91 Å². The molecule has 7 heteroatoms. The maximum atomic E-state index is 12.2. The fraction of sp³-hybridized carbons (Fsp3) is 0.211. The Labute approximate surface area is 150 Å². The number of hydrogen-bond donors (Lipinski definition) is 1. The van der Waals surface area contributed by atoms with Gasteiger partial charge in [0, 0.05) is 17.5 Å². The Hall–Kier alpha value is -3.35. The number of amides is 1. The minimum absolute atomic E-state index is 0.0561. The summed E-state index contributed by atoms with van der Waals surface area (Å²) in [5.41, 5.74) is 1.79. The lowest BCUT2D eigenvalue weighted by Gasteiger charge is -2.26. The number of carbonyl (C=O) groups is 1. The molecular formula is C19H17N3O4. The van der Waals surface area contributed by atoms with E-state index in [2.05, 4.69) is 15.5 Å². The zero-order chi connectivity index (χ0) is 17.8. The lowest BCUT2D eigenvalue weighted by Crippen LogP contribution is -2.35. The van der Waals surface area contributed by atoms with E-state index < -0.39 is 0 Å². The van der Waals surface area contributed by atoms with E-state index >= 15 is 0 Å². The molecule has 132 valence electrons. The van der Waals surface area contributed by atoms with Crippen LogP contribution in [-0.2, 0) is 4.79 Å². The van der Waals surface area contributed by atoms with Gasteiger partial charge >= 0.3 is 0 Å². The minimum Gasteiger partial charge on any atom is -0.493 e. The molecule has 3 aromatic rings. The number of carbonyl (C=O) groups excluding carboxylic acids is 1. The number of aromatic nitrogens is 2. The van der Waals surface area contributed by atoms with Crippen LogP contribution < -0.4 is 14.8 Å². The molecule has 1 aliphatic rings. The monoisotopic (exact) mass is 351 g/mol. The predicted molar refractivity (Wildman–Crippen MR) is 92.7 cm³/mol. The van der Waals surface area contributed by atoms with Gasteiger partial charge in [-0.15, -0.1) is 10.2 Å². The molecular weight excluding hydrogens is 334 g/mol. The highest BCUT2D eigenvalue weighted by molar-refractivity contribution is 5.78. The van der Waals surface area contributed by atoms with Crippen molar-refractivity contribution >= 4 is 5.91 Å². The second-order valence-corrected chi connectivity index (χ2v) is 5.85. The summed E-state index contributed by atoms with van der Waals surface area (Å²) in [5.74, 6) is 1.68. The Morgan fingerprint density at radius 1 is 1.19 bits per heavy atom. The maximum absolute atomic E-state index is 12.2. The van der Waals surface area contributed by atoms with Gasteiger partial charge in [0.2, 0.25) is 12.3 Å². The van der Waals surface area contributed by atoms with Gasteiger partial charge in [-0.05, 0) is 30.3 Å². The first-order chi connectivity index (χ1) is 12.8. The number of nitrogens with one attached hydrogen (secondary N) is 1. The molecule has 0 saturated carbocycles. The molecule has 0 bridgehead atoms. The van der Waals surface area contributed by atoms with Gasteiger partial charge in [-0.25, -0.2) is 0 Å². The quantitative estimate of drug-likeness (QED) is 0.761. The first-order valence-corrected chi connectivity index (χ1v) is 8.30. The van der Waals surface area contributed by atoms with E-state index in [4.69, 9.17) is 13.9 Å². The number of para-hydroxylation sites is 1. The van der Waals surface area contributed by atoms with Crippen molar-refractivity contribution in [2.24, 2.45) is 0 Å². The van der Waals surface area contributed by atoms with E-state index in [0.29, 0.717) is 18.2 Å². The average molecular weight is 351 g/mol. The van der Waals surface area contributed by atoms with Crippen LogP contribution in [0.3, 0.4) is 0 Å². The highest BCUT2D eigenvalue weighted by Crippen LogP contribution is 2.31. The minimum atomic E-state index is -0.173. The number of nitrogens with zero attached hydrogens (tertiary/aromatic N) is 2. The normalized spacial score (nSPS) is 15.6. The summed E-state index contributed by atoms with van der Waals surface area (Å²) in [6, 6.07) is 14.8. The third-order valence-electron chi connectivity index (χ3n) is 4.12. The third kappa shape index (κ3) is 3.51. The van der Waals surface area contributed by atoms with Crippen molar-refractivity contribution in [2.45, 2.75) is 12.5 Å². The molecule has 1 atom stereocenters. The molecule has 1 aromatic heterocycles. The second-order valence-electron chi connectivity index (χ2n) is 5.85. The van der Waals surface area contributed by atoms with Crippen LogP contribution in [0.2, 0.25) is 0 Å². The predicted octanol–water partition coefficient (Wildman–Crippen LogP) is 2.76. The molecule has 26 heavy (non-hydrogen) atoms. The highest BCUT2D eigenvalue weighted by atomic mass is 16.5. The van der Waals surface area contributed by atoms with Crippen LogP contribution >= 0.6 is 0 Å². The molecule has 0 fully saturated rings. The van der Waals surface area contributed by atoms with Gasteiger partial charge < -0.3 is 19.2 Å². The van der Waals surface area contributed by atoms with E-state index in [1.165, 1.54) is 6.39 Å². The maximum Gasteiger partial charge on any atom is 0.258 e. The molecule has 2 heterocycles. The van der Waals surface area contributed by atoms with E-state index in [-0.39, 0.29) is 18.6 Å². The molecule has 1 unspecified atom stereocenters. The Morgan fingerprint density at radius 2 is 2.04 bits per heavy atom. The van der Waals surface area contributed by atoms with Crippen molar-refractivity contribution in [1.29, 1.82) is 0 Å². The van der Waals surface area contributed by atoms with Gasteiger partial charge in [-0.2, -0.15) is 0 Å². The Bertz CT molecular complexity index is 878. The topological polar surface area (TPSA) is 86.5 Å². The summed E-state index contributed by atoms with van der Waals surface area (Å²) in [6.07, 6.45) is 2.01. The van der Waals surface area contributed by atoms with Crippen LogP contribution in [0, 0.1) is 0 Å². The van der Waals surface area contributed by atoms with Crippen LogP contribution in [0.4, 0.5) is 0 Å². The summed E-state index contributed by atoms with van der Waals surface area (Å²) in [5, 5.41) is 10.5. The molecule has 0 radical (unpaired) electrons. The molecule has 1 N–H and O–H groups in total. The standard InChI is InChI=1S/C19H17N3O4/c23-18(21-16-9-10-24-17-4-2-1-3-15(16)17)11-25-14-7-5-13(6-8-14)19-22-20-12-26-19/h1-8,12,16H,9-11H2,(H,21,23). The molecule has 0 aliphatic carbocycles. The van der Waals surface area contributed by atoms with Gasteiger partial charge in [-0.1, -0.05) is 18.2 Å². The zero-order valence-electron chi connectivity index (χ0n) is 13.9. The summed E-state index contributed by atoms with van der Waals surface area (Å²) < 4.78 is 16.3. The third-order valence-corrected chi connectivity index (χ3v) is 4.12. The number of hydrogen-bond acceptors (Lipinski definition) is 6. The molecule has 1 aliphatic heterocycles. The number of fused-ring (bicyclic) bond motifs is 1. The summed E-state index contributed by atoms with van der Waals surface area (Å²) in [7, 11) is 0. The van der Waals surface area contributed by atoms with E-state index in [9.17, 15) is 4.79 Å². The van der Waals surface area contributed by atoms with Crippen molar-refractivity contribution in [1.82, 2.24) is 15.5 Å². The number of rotatable bonds is 5. The van der Waals surface area contributed by atoms with Crippen molar-refractivity contribution in [2.75, 3.05) is 13.2 Å². The van der Waals surface area contributed by atoms with E-state index in [1.807, 2.05) is 24.3 Å². The first-order valence-electron chi connectivity index (χ1n) is 8.30. The molecule has 2 aromatic carbocycles. The van der Waals surface area contributed by atoms with Crippen LogP contribution in [0.15, 0.2) is 59.3 Å². The van der Waals surface area contributed by atoms with Gasteiger partial charge in [0.1, 0.15) is 11.5 Å². The zero-order valence-corrected chi connectivity index (χ0v) is 13.9. The van der Waals surface area contributed by atoms with Crippen LogP contribution in [0.1, 0.15) is 18.0 Å². The SMILES string of the molecule is O=C(COc1ccc(-c2nnco2)cc1)NC1CCOc2ccccc21. The average Bonchev–Trinajstić information content (AvgIpc) is 3.22. The van der Waals surface area contributed by atoms with Crippen molar-refractivity contribution in [3.8, 4) is 23.0 Å². The molecule has 0 spiro atoms. The lowest BCUT2D eigenvalue weighted by atomic mass is 10.0. The fourth-order valence-corrected chi connectivity index (χ4v) is 2.87. The smallest absolute Gasteiger partial charge is 0.258 e.